The predicted octanol–water partition coefficient (Wildman–Crippen LogP) is 0.489. The largest absolute Gasteiger partial charge is 0.356 e. The van der Waals surface area contributed by atoms with E-state index >= 15 is 0 Å². The van der Waals surface area contributed by atoms with E-state index in [0.717, 1.165) is 25.9 Å². The zero-order valence-electron chi connectivity index (χ0n) is 11.7. The minimum atomic E-state index is -0.114. The second-order valence-electron chi connectivity index (χ2n) is 6.05. The van der Waals surface area contributed by atoms with Gasteiger partial charge in [0.15, 0.2) is 0 Å². The molecule has 5 nitrogen and oxygen atoms in total. The number of amides is 2. The number of hydrogen-bond donors (Lipinski definition) is 2. The highest BCUT2D eigenvalue weighted by Crippen LogP contribution is 2.28. The summed E-state index contributed by atoms with van der Waals surface area (Å²) < 4.78 is 0. The average Bonchev–Trinajstić information content (AvgIpc) is 3.19. The molecule has 0 spiro atoms. The molecule has 3 N–H and O–H groups in total. The van der Waals surface area contributed by atoms with Crippen LogP contribution in [-0.2, 0) is 9.59 Å². The molecule has 108 valence electrons. The van der Waals surface area contributed by atoms with E-state index in [9.17, 15) is 9.59 Å². The van der Waals surface area contributed by atoms with Crippen molar-refractivity contribution in [2.24, 2.45) is 17.6 Å². The van der Waals surface area contributed by atoms with Gasteiger partial charge >= 0.3 is 0 Å². The normalized spacial score (nSPS) is 24.9. The van der Waals surface area contributed by atoms with Crippen LogP contribution >= 0.6 is 0 Å². The molecule has 2 fully saturated rings. The molecule has 0 aromatic heterocycles. The number of hydrogen-bond acceptors (Lipinski definition) is 3. The van der Waals surface area contributed by atoms with Gasteiger partial charge in [-0.1, -0.05) is 0 Å². The fraction of sp³-hybridized carbons (Fsp3) is 0.857. The first-order valence-electron chi connectivity index (χ1n) is 7.37. The van der Waals surface area contributed by atoms with Crippen LogP contribution in [0.5, 0.6) is 0 Å². The number of nitrogens with zero attached hydrogens (tertiary/aromatic N) is 1. The lowest BCUT2D eigenvalue weighted by Crippen LogP contribution is -2.46. The van der Waals surface area contributed by atoms with E-state index in [4.69, 9.17) is 5.73 Å². The molecule has 0 aromatic rings. The van der Waals surface area contributed by atoms with Crippen LogP contribution in [0.3, 0.4) is 0 Å². The van der Waals surface area contributed by atoms with Crippen LogP contribution in [0.4, 0.5) is 0 Å². The van der Waals surface area contributed by atoms with Crippen LogP contribution in [0, 0.1) is 11.8 Å². The quantitative estimate of drug-likeness (QED) is 0.761. The summed E-state index contributed by atoms with van der Waals surface area (Å²) in [4.78, 5) is 25.8. The minimum absolute atomic E-state index is 0.0375. The summed E-state index contributed by atoms with van der Waals surface area (Å²) in [5.41, 5.74) is 5.66. The molecule has 0 bridgehead atoms. The molecule has 0 aromatic carbocycles. The Morgan fingerprint density at radius 3 is 2.74 bits per heavy atom. The maximum atomic E-state index is 12.0. The molecule has 0 radical (unpaired) electrons. The van der Waals surface area contributed by atoms with E-state index in [2.05, 4.69) is 5.32 Å². The standard InChI is InChI=1S/C14H25N3O2/c1-10(15)7-13(18)17-6-2-3-12(9-17)14(19)16-8-11-4-5-11/h10-12H,2-9,15H2,1H3,(H,16,19). The molecule has 19 heavy (non-hydrogen) atoms. The summed E-state index contributed by atoms with van der Waals surface area (Å²) in [7, 11) is 0. The number of piperidine rings is 1. The van der Waals surface area contributed by atoms with Crippen molar-refractivity contribution in [1.82, 2.24) is 10.2 Å². The molecule has 2 atom stereocenters. The van der Waals surface area contributed by atoms with Crippen LogP contribution in [0.2, 0.25) is 0 Å². The highest BCUT2D eigenvalue weighted by Gasteiger charge is 2.29. The van der Waals surface area contributed by atoms with E-state index in [1.807, 2.05) is 6.92 Å². The van der Waals surface area contributed by atoms with Crippen LogP contribution < -0.4 is 11.1 Å². The van der Waals surface area contributed by atoms with Gasteiger partial charge in [0.1, 0.15) is 0 Å². The monoisotopic (exact) mass is 267 g/mol. The van der Waals surface area contributed by atoms with Crippen molar-refractivity contribution in [3.05, 3.63) is 0 Å². The SMILES string of the molecule is CC(N)CC(=O)N1CCCC(C(=O)NCC2CC2)C1. The Morgan fingerprint density at radius 2 is 2.11 bits per heavy atom. The number of likely N-dealkylation sites (tertiary alicyclic amines) is 1. The van der Waals surface area contributed by atoms with E-state index in [1.54, 1.807) is 4.90 Å². The fourth-order valence-electron chi connectivity index (χ4n) is 2.53. The number of carbonyl (C=O) groups is 2. The first kappa shape index (κ1) is 14.3. The van der Waals surface area contributed by atoms with Crippen LogP contribution in [0.25, 0.3) is 0 Å². The number of nitrogens with one attached hydrogen (secondary N) is 1. The lowest BCUT2D eigenvalue weighted by Gasteiger charge is -2.32. The lowest BCUT2D eigenvalue weighted by atomic mass is 9.96. The molecule has 1 saturated carbocycles. The molecule has 2 amide bonds. The maximum Gasteiger partial charge on any atom is 0.224 e. The Hall–Kier alpha value is -1.10. The van der Waals surface area contributed by atoms with Gasteiger partial charge in [-0.2, -0.15) is 0 Å². The first-order valence-corrected chi connectivity index (χ1v) is 7.37. The molecule has 2 unspecified atom stereocenters. The zero-order chi connectivity index (χ0) is 13.8. The Balaban J connectivity index is 1.78. The van der Waals surface area contributed by atoms with Crippen molar-refractivity contribution < 1.29 is 9.59 Å². The van der Waals surface area contributed by atoms with E-state index in [-0.39, 0.29) is 23.8 Å². The van der Waals surface area contributed by atoms with Gasteiger partial charge in [-0.3, -0.25) is 9.59 Å². The number of rotatable bonds is 5. The average molecular weight is 267 g/mol. The highest BCUT2D eigenvalue weighted by molar-refractivity contribution is 5.81. The second-order valence-corrected chi connectivity index (χ2v) is 6.05. The Bertz CT molecular complexity index is 340. The zero-order valence-corrected chi connectivity index (χ0v) is 11.7. The molecule has 2 rings (SSSR count). The molecule has 1 saturated heterocycles. The first-order chi connectivity index (χ1) is 9.06. The van der Waals surface area contributed by atoms with Crippen molar-refractivity contribution in [3.63, 3.8) is 0 Å². The minimum Gasteiger partial charge on any atom is -0.356 e. The van der Waals surface area contributed by atoms with Gasteiger partial charge in [0, 0.05) is 32.1 Å². The molecule has 1 aliphatic heterocycles. The van der Waals surface area contributed by atoms with Crippen molar-refractivity contribution in [3.8, 4) is 0 Å². The van der Waals surface area contributed by atoms with Gasteiger partial charge in [-0.05, 0) is 38.5 Å². The van der Waals surface area contributed by atoms with Crippen molar-refractivity contribution in [1.29, 1.82) is 0 Å². The van der Waals surface area contributed by atoms with Gasteiger partial charge in [0.05, 0.1) is 5.92 Å². The maximum absolute atomic E-state index is 12.0. The van der Waals surface area contributed by atoms with E-state index in [0.29, 0.717) is 18.9 Å². The third-order valence-corrected chi connectivity index (χ3v) is 3.90. The summed E-state index contributed by atoms with van der Waals surface area (Å²) in [6.45, 7) is 3.96. The number of carbonyl (C=O) groups excluding carboxylic acids is 2. The fourth-order valence-corrected chi connectivity index (χ4v) is 2.53. The Morgan fingerprint density at radius 1 is 1.37 bits per heavy atom. The van der Waals surface area contributed by atoms with E-state index in [1.165, 1.54) is 12.8 Å². The summed E-state index contributed by atoms with van der Waals surface area (Å²) in [6, 6.07) is -0.114. The predicted molar refractivity (Wildman–Crippen MR) is 73.3 cm³/mol. The Kier molecular flexibility index (Phi) is 4.80. The van der Waals surface area contributed by atoms with E-state index < -0.39 is 0 Å². The van der Waals surface area contributed by atoms with Gasteiger partial charge in [0.25, 0.3) is 0 Å². The van der Waals surface area contributed by atoms with Gasteiger partial charge in [-0.15, -0.1) is 0 Å². The lowest BCUT2D eigenvalue weighted by molar-refractivity contribution is -0.135. The van der Waals surface area contributed by atoms with Crippen LogP contribution in [0.15, 0.2) is 0 Å². The van der Waals surface area contributed by atoms with Crippen molar-refractivity contribution in [2.75, 3.05) is 19.6 Å². The van der Waals surface area contributed by atoms with Crippen LogP contribution in [-0.4, -0.2) is 42.4 Å². The van der Waals surface area contributed by atoms with Crippen LogP contribution in [0.1, 0.15) is 39.0 Å². The third-order valence-electron chi connectivity index (χ3n) is 3.90. The molecular weight excluding hydrogens is 242 g/mol. The van der Waals surface area contributed by atoms with Gasteiger partial charge in [0.2, 0.25) is 11.8 Å². The summed E-state index contributed by atoms with van der Waals surface area (Å²) in [5.74, 6) is 0.854. The second kappa shape index (κ2) is 6.37. The Labute approximate surface area is 114 Å². The molecule has 2 aliphatic rings. The van der Waals surface area contributed by atoms with Crippen molar-refractivity contribution in [2.45, 2.75) is 45.1 Å². The molecule has 1 heterocycles. The third kappa shape index (κ3) is 4.49. The summed E-state index contributed by atoms with van der Waals surface area (Å²) >= 11 is 0. The van der Waals surface area contributed by atoms with Crippen molar-refractivity contribution >= 4 is 11.8 Å². The van der Waals surface area contributed by atoms with Gasteiger partial charge in [-0.25, -0.2) is 0 Å². The molecule has 5 heteroatoms. The molecular formula is C14H25N3O2. The summed E-state index contributed by atoms with van der Waals surface area (Å²) in [5, 5.41) is 3.01. The summed E-state index contributed by atoms with van der Waals surface area (Å²) in [6.07, 6.45) is 4.65. The topological polar surface area (TPSA) is 75.4 Å². The highest BCUT2D eigenvalue weighted by atomic mass is 16.2. The smallest absolute Gasteiger partial charge is 0.224 e. The molecule has 1 aliphatic carbocycles. The number of nitrogens with two attached hydrogens (primary N) is 1. The van der Waals surface area contributed by atoms with Gasteiger partial charge < -0.3 is 16.0 Å².